The highest BCUT2D eigenvalue weighted by molar-refractivity contribution is 5.98. The van der Waals surface area contributed by atoms with Crippen LogP contribution in [0, 0.1) is 10.1 Å². The van der Waals surface area contributed by atoms with Crippen LogP contribution in [0.25, 0.3) is 0 Å². The summed E-state index contributed by atoms with van der Waals surface area (Å²) in [6, 6.07) is 3.19. The number of benzene rings is 1. The maximum Gasteiger partial charge on any atom is 0.282 e. The molecule has 0 aliphatic rings. The van der Waals surface area contributed by atoms with Crippen LogP contribution in [0.4, 0.5) is 5.69 Å². The molecule has 0 atom stereocenters. The van der Waals surface area contributed by atoms with Gasteiger partial charge in [-0.1, -0.05) is 0 Å². The summed E-state index contributed by atoms with van der Waals surface area (Å²) in [4.78, 5) is 24.1. The van der Waals surface area contributed by atoms with Crippen LogP contribution in [0.5, 0.6) is 5.75 Å². The molecular formula is C13H18N2O5. The summed E-state index contributed by atoms with van der Waals surface area (Å²) in [7, 11) is 0. The lowest BCUT2D eigenvalue weighted by Gasteiger charge is -2.26. The van der Waals surface area contributed by atoms with Gasteiger partial charge in [0, 0.05) is 25.3 Å². The van der Waals surface area contributed by atoms with Gasteiger partial charge in [0.25, 0.3) is 11.6 Å². The van der Waals surface area contributed by atoms with Crippen molar-refractivity contribution in [2.75, 3.05) is 13.2 Å². The molecule has 0 spiro atoms. The van der Waals surface area contributed by atoms with Crippen molar-refractivity contribution in [2.24, 2.45) is 0 Å². The predicted molar refractivity (Wildman–Crippen MR) is 72.6 cm³/mol. The average molecular weight is 282 g/mol. The molecule has 0 saturated carbocycles. The van der Waals surface area contributed by atoms with E-state index in [1.165, 1.54) is 11.0 Å². The highest BCUT2D eigenvalue weighted by atomic mass is 16.6. The van der Waals surface area contributed by atoms with Crippen LogP contribution < -0.4 is 0 Å². The van der Waals surface area contributed by atoms with Gasteiger partial charge in [-0.15, -0.1) is 0 Å². The van der Waals surface area contributed by atoms with Gasteiger partial charge in [-0.3, -0.25) is 14.9 Å². The molecule has 0 bridgehead atoms. The van der Waals surface area contributed by atoms with Gasteiger partial charge < -0.3 is 15.1 Å². The second-order valence-electron chi connectivity index (χ2n) is 4.63. The zero-order valence-corrected chi connectivity index (χ0v) is 11.4. The second kappa shape index (κ2) is 6.85. The molecular weight excluding hydrogens is 264 g/mol. The second-order valence-corrected chi connectivity index (χ2v) is 4.63. The zero-order valence-electron chi connectivity index (χ0n) is 11.4. The Hall–Kier alpha value is -2.15. The lowest BCUT2D eigenvalue weighted by molar-refractivity contribution is -0.385. The van der Waals surface area contributed by atoms with Crippen LogP contribution in [-0.2, 0) is 0 Å². The first-order chi connectivity index (χ1) is 9.38. The van der Waals surface area contributed by atoms with Crippen molar-refractivity contribution in [3.63, 3.8) is 0 Å². The standard InChI is InChI=1S/C13H18N2O5/c1-9(2)14(6-3-7-16)13(18)11-8-10(17)4-5-12(11)15(19)20/h4-5,8-9,16-17H,3,6-7H2,1-2H3. The van der Waals surface area contributed by atoms with E-state index in [-0.39, 0.29) is 29.6 Å². The molecule has 7 nitrogen and oxygen atoms in total. The van der Waals surface area contributed by atoms with Crippen molar-refractivity contribution < 1.29 is 19.9 Å². The monoisotopic (exact) mass is 282 g/mol. The smallest absolute Gasteiger partial charge is 0.282 e. The Labute approximate surface area is 116 Å². The third-order valence-corrected chi connectivity index (χ3v) is 2.85. The van der Waals surface area contributed by atoms with Gasteiger partial charge in [-0.2, -0.15) is 0 Å². The first kappa shape index (κ1) is 15.9. The van der Waals surface area contributed by atoms with Crippen molar-refractivity contribution in [1.82, 2.24) is 4.90 Å². The van der Waals surface area contributed by atoms with E-state index in [2.05, 4.69) is 0 Å². The Balaban J connectivity index is 3.16. The van der Waals surface area contributed by atoms with Crippen molar-refractivity contribution in [1.29, 1.82) is 0 Å². The Morgan fingerprint density at radius 3 is 2.60 bits per heavy atom. The lowest BCUT2D eigenvalue weighted by atomic mass is 10.1. The van der Waals surface area contributed by atoms with E-state index in [1.54, 1.807) is 13.8 Å². The number of rotatable bonds is 6. The minimum Gasteiger partial charge on any atom is -0.508 e. The van der Waals surface area contributed by atoms with Crippen LogP contribution in [0.2, 0.25) is 0 Å². The number of carbonyl (C=O) groups excluding carboxylic acids is 1. The molecule has 20 heavy (non-hydrogen) atoms. The number of carbonyl (C=O) groups is 1. The third kappa shape index (κ3) is 3.67. The maximum atomic E-state index is 12.4. The summed E-state index contributed by atoms with van der Waals surface area (Å²) >= 11 is 0. The number of phenolic OH excluding ortho intramolecular Hbond substituents is 1. The molecule has 0 aliphatic carbocycles. The number of phenols is 1. The minimum absolute atomic E-state index is 0.0708. The third-order valence-electron chi connectivity index (χ3n) is 2.85. The summed E-state index contributed by atoms with van der Waals surface area (Å²) in [6.07, 6.45) is 0.385. The molecule has 2 N–H and O–H groups in total. The molecule has 0 unspecified atom stereocenters. The van der Waals surface area contributed by atoms with Gasteiger partial charge >= 0.3 is 0 Å². The Kier molecular flexibility index (Phi) is 5.45. The topological polar surface area (TPSA) is 104 Å². The van der Waals surface area contributed by atoms with Crippen molar-refractivity contribution in [3.8, 4) is 5.75 Å². The normalized spacial score (nSPS) is 10.6. The SMILES string of the molecule is CC(C)N(CCCO)C(=O)c1cc(O)ccc1[N+](=O)[O-]. The number of aliphatic hydroxyl groups is 1. The number of hydrogen-bond donors (Lipinski definition) is 2. The van der Waals surface area contributed by atoms with Crippen LogP contribution in [0.15, 0.2) is 18.2 Å². The van der Waals surface area contributed by atoms with Gasteiger partial charge in [0.15, 0.2) is 0 Å². The summed E-state index contributed by atoms with van der Waals surface area (Å²) in [5.74, 6) is -0.735. The van der Waals surface area contributed by atoms with Gasteiger partial charge in [0.1, 0.15) is 11.3 Å². The Bertz CT molecular complexity index is 502. The van der Waals surface area contributed by atoms with Crippen LogP contribution in [0.3, 0.4) is 0 Å². The highest BCUT2D eigenvalue weighted by Gasteiger charge is 2.26. The fraction of sp³-hybridized carbons (Fsp3) is 0.462. The van der Waals surface area contributed by atoms with Crippen molar-refractivity contribution >= 4 is 11.6 Å². The van der Waals surface area contributed by atoms with E-state index < -0.39 is 10.8 Å². The minimum atomic E-state index is -0.656. The lowest BCUT2D eigenvalue weighted by Crippen LogP contribution is -2.38. The summed E-state index contributed by atoms with van der Waals surface area (Å²) in [5.41, 5.74) is -0.496. The predicted octanol–water partition coefficient (Wildman–Crippen LogP) is 1.53. The molecule has 110 valence electrons. The van der Waals surface area contributed by atoms with E-state index >= 15 is 0 Å². The van der Waals surface area contributed by atoms with Gasteiger partial charge in [-0.25, -0.2) is 0 Å². The molecule has 1 aromatic carbocycles. The van der Waals surface area contributed by atoms with Gasteiger partial charge in [0.2, 0.25) is 0 Å². The number of hydrogen-bond acceptors (Lipinski definition) is 5. The quantitative estimate of drug-likeness (QED) is 0.608. The van der Waals surface area contributed by atoms with E-state index in [0.717, 1.165) is 12.1 Å². The maximum absolute atomic E-state index is 12.4. The molecule has 0 radical (unpaired) electrons. The van der Waals surface area contributed by atoms with E-state index in [0.29, 0.717) is 13.0 Å². The molecule has 0 saturated heterocycles. The molecule has 7 heteroatoms. The molecule has 1 amide bonds. The van der Waals surface area contributed by atoms with Gasteiger partial charge in [0.05, 0.1) is 4.92 Å². The summed E-state index contributed by atoms with van der Waals surface area (Å²) < 4.78 is 0. The number of aliphatic hydroxyl groups excluding tert-OH is 1. The largest absolute Gasteiger partial charge is 0.508 e. The average Bonchev–Trinajstić information content (AvgIpc) is 2.38. The van der Waals surface area contributed by atoms with E-state index in [1.807, 2.05) is 0 Å². The number of amides is 1. The van der Waals surface area contributed by atoms with Crippen molar-refractivity contribution in [2.45, 2.75) is 26.3 Å². The zero-order chi connectivity index (χ0) is 15.3. The molecule has 0 aliphatic heterocycles. The fourth-order valence-electron chi connectivity index (χ4n) is 1.84. The van der Waals surface area contributed by atoms with Crippen LogP contribution in [0.1, 0.15) is 30.6 Å². The summed E-state index contributed by atoms with van der Waals surface area (Å²) in [5, 5.41) is 29.2. The van der Waals surface area contributed by atoms with Crippen LogP contribution >= 0.6 is 0 Å². The van der Waals surface area contributed by atoms with E-state index in [9.17, 15) is 20.0 Å². The number of nitro groups is 1. The highest BCUT2D eigenvalue weighted by Crippen LogP contribution is 2.25. The first-order valence-electron chi connectivity index (χ1n) is 6.27. The molecule has 0 aromatic heterocycles. The fourth-order valence-corrected chi connectivity index (χ4v) is 1.84. The first-order valence-corrected chi connectivity index (χ1v) is 6.27. The number of nitro benzene ring substituents is 1. The number of aromatic hydroxyl groups is 1. The molecule has 1 aromatic rings. The Morgan fingerprint density at radius 2 is 2.10 bits per heavy atom. The van der Waals surface area contributed by atoms with Crippen LogP contribution in [-0.4, -0.2) is 45.1 Å². The molecule has 0 fully saturated rings. The van der Waals surface area contributed by atoms with Crippen molar-refractivity contribution in [3.05, 3.63) is 33.9 Å². The van der Waals surface area contributed by atoms with Gasteiger partial charge in [-0.05, 0) is 32.4 Å². The summed E-state index contributed by atoms with van der Waals surface area (Å²) in [6.45, 7) is 3.78. The van der Waals surface area contributed by atoms with E-state index in [4.69, 9.17) is 5.11 Å². The number of nitrogens with zero attached hydrogens (tertiary/aromatic N) is 2. The Morgan fingerprint density at radius 1 is 1.45 bits per heavy atom. The molecule has 1 rings (SSSR count). The molecule has 0 heterocycles.